The standard InChI is InChI=1S/C10H19NO2/c1-7(2)8-5-4-6-9(8)11-10(12)13-3/h7-9H,4-6H2,1-3H3,(H,11,12)/t8-,9-/m0/s1. The topological polar surface area (TPSA) is 38.3 Å². The summed E-state index contributed by atoms with van der Waals surface area (Å²) in [6.45, 7) is 4.42. The molecule has 1 saturated carbocycles. The molecule has 13 heavy (non-hydrogen) atoms. The number of hydrogen-bond acceptors (Lipinski definition) is 2. The van der Waals surface area contributed by atoms with Gasteiger partial charge < -0.3 is 10.1 Å². The molecule has 3 nitrogen and oxygen atoms in total. The lowest BCUT2D eigenvalue weighted by Gasteiger charge is -2.23. The highest BCUT2D eigenvalue weighted by Gasteiger charge is 2.30. The zero-order valence-corrected chi connectivity index (χ0v) is 8.67. The van der Waals surface area contributed by atoms with Gasteiger partial charge in [0.05, 0.1) is 7.11 Å². The Morgan fingerprint density at radius 3 is 2.69 bits per heavy atom. The van der Waals surface area contributed by atoms with Crippen LogP contribution in [-0.4, -0.2) is 19.2 Å². The highest BCUT2D eigenvalue weighted by atomic mass is 16.5. The van der Waals surface area contributed by atoms with Crippen LogP contribution >= 0.6 is 0 Å². The number of carbonyl (C=O) groups is 1. The first kappa shape index (κ1) is 10.4. The van der Waals surface area contributed by atoms with Crippen molar-refractivity contribution in [3.63, 3.8) is 0 Å². The van der Waals surface area contributed by atoms with E-state index < -0.39 is 0 Å². The second-order valence-electron chi connectivity index (χ2n) is 4.08. The van der Waals surface area contributed by atoms with Gasteiger partial charge in [-0.1, -0.05) is 20.3 Å². The first-order valence-electron chi connectivity index (χ1n) is 4.99. The highest BCUT2D eigenvalue weighted by molar-refractivity contribution is 5.67. The third-order valence-electron chi connectivity index (χ3n) is 2.91. The third-order valence-corrected chi connectivity index (χ3v) is 2.91. The Morgan fingerprint density at radius 2 is 2.15 bits per heavy atom. The van der Waals surface area contributed by atoms with Crippen molar-refractivity contribution in [2.75, 3.05) is 7.11 Å². The van der Waals surface area contributed by atoms with Crippen LogP contribution in [0.3, 0.4) is 0 Å². The van der Waals surface area contributed by atoms with Crippen LogP contribution in [0.4, 0.5) is 4.79 Å². The minimum Gasteiger partial charge on any atom is -0.453 e. The maximum Gasteiger partial charge on any atom is 0.407 e. The molecular formula is C10H19NO2. The number of carbonyl (C=O) groups excluding carboxylic acids is 1. The number of alkyl carbamates (subject to hydrolysis) is 1. The summed E-state index contributed by atoms with van der Waals surface area (Å²) in [6, 6.07) is 0.326. The molecule has 1 aliphatic rings. The molecule has 1 fully saturated rings. The number of hydrogen-bond donors (Lipinski definition) is 1. The molecule has 0 aromatic rings. The monoisotopic (exact) mass is 185 g/mol. The van der Waals surface area contributed by atoms with Gasteiger partial charge in [0.1, 0.15) is 0 Å². The predicted octanol–water partition coefficient (Wildman–Crippen LogP) is 2.17. The molecule has 0 saturated heterocycles. The first-order valence-corrected chi connectivity index (χ1v) is 4.99. The average molecular weight is 185 g/mol. The van der Waals surface area contributed by atoms with E-state index in [2.05, 4.69) is 23.9 Å². The zero-order valence-electron chi connectivity index (χ0n) is 8.67. The van der Waals surface area contributed by atoms with Crippen molar-refractivity contribution in [3.8, 4) is 0 Å². The van der Waals surface area contributed by atoms with E-state index in [1.807, 2.05) is 0 Å². The second-order valence-corrected chi connectivity index (χ2v) is 4.08. The highest BCUT2D eigenvalue weighted by Crippen LogP contribution is 2.31. The third kappa shape index (κ3) is 2.61. The molecule has 76 valence electrons. The molecule has 0 unspecified atom stereocenters. The van der Waals surface area contributed by atoms with E-state index in [1.165, 1.54) is 20.0 Å². The molecule has 1 aliphatic carbocycles. The van der Waals surface area contributed by atoms with Gasteiger partial charge in [-0.25, -0.2) is 4.79 Å². The Balaban J connectivity index is 2.44. The summed E-state index contributed by atoms with van der Waals surface area (Å²) in [5.74, 6) is 1.27. The lowest BCUT2D eigenvalue weighted by molar-refractivity contribution is 0.161. The molecule has 1 rings (SSSR count). The fourth-order valence-electron chi connectivity index (χ4n) is 2.18. The van der Waals surface area contributed by atoms with Gasteiger partial charge in [-0.05, 0) is 24.7 Å². The number of rotatable bonds is 2. The largest absolute Gasteiger partial charge is 0.453 e. The number of amides is 1. The Kier molecular flexibility index (Phi) is 3.58. The van der Waals surface area contributed by atoms with Gasteiger partial charge in [0.2, 0.25) is 0 Å². The van der Waals surface area contributed by atoms with Crippen molar-refractivity contribution in [3.05, 3.63) is 0 Å². The lowest BCUT2D eigenvalue weighted by Crippen LogP contribution is -2.38. The SMILES string of the molecule is COC(=O)N[C@H]1CCC[C@H]1C(C)C. The van der Waals surface area contributed by atoms with Gasteiger partial charge in [0.25, 0.3) is 0 Å². The van der Waals surface area contributed by atoms with Crippen molar-refractivity contribution >= 4 is 6.09 Å². The van der Waals surface area contributed by atoms with E-state index in [1.54, 1.807) is 0 Å². The Morgan fingerprint density at radius 1 is 1.46 bits per heavy atom. The summed E-state index contributed by atoms with van der Waals surface area (Å²) >= 11 is 0. The summed E-state index contributed by atoms with van der Waals surface area (Å²) < 4.78 is 4.59. The molecule has 0 aromatic carbocycles. The smallest absolute Gasteiger partial charge is 0.407 e. The molecular weight excluding hydrogens is 166 g/mol. The number of ether oxygens (including phenoxy) is 1. The average Bonchev–Trinajstić information content (AvgIpc) is 2.52. The van der Waals surface area contributed by atoms with Crippen molar-refractivity contribution in [2.24, 2.45) is 11.8 Å². The Hall–Kier alpha value is -0.730. The van der Waals surface area contributed by atoms with E-state index in [9.17, 15) is 4.79 Å². The van der Waals surface area contributed by atoms with Gasteiger partial charge in [0, 0.05) is 6.04 Å². The number of methoxy groups -OCH3 is 1. The van der Waals surface area contributed by atoms with E-state index in [0.717, 1.165) is 6.42 Å². The van der Waals surface area contributed by atoms with Gasteiger partial charge in [-0.2, -0.15) is 0 Å². The van der Waals surface area contributed by atoms with Crippen molar-refractivity contribution in [2.45, 2.75) is 39.2 Å². The first-order chi connectivity index (χ1) is 6.15. The normalized spacial score (nSPS) is 27.7. The fraction of sp³-hybridized carbons (Fsp3) is 0.900. The molecule has 0 aliphatic heterocycles. The van der Waals surface area contributed by atoms with Crippen molar-refractivity contribution in [1.82, 2.24) is 5.32 Å². The number of nitrogens with one attached hydrogen (secondary N) is 1. The van der Waals surface area contributed by atoms with E-state index >= 15 is 0 Å². The van der Waals surface area contributed by atoms with Crippen molar-refractivity contribution < 1.29 is 9.53 Å². The van der Waals surface area contributed by atoms with Crippen LogP contribution in [0.15, 0.2) is 0 Å². The summed E-state index contributed by atoms with van der Waals surface area (Å²) in [4.78, 5) is 11.0. The second kappa shape index (κ2) is 4.49. The van der Waals surface area contributed by atoms with Gasteiger partial charge in [-0.15, -0.1) is 0 Å². The molecule has 0 bridgehead atoms. The van der Waals surface area contributed by atoms with Crippen molar-refractivity contribution in [1.29, 1.82) is 0 Å². The van der Waals surface area contributed by atoms with E-state index in [4.69, 9.17) is 0 Å². The molecule has 3 heteroatoms. The maximum absolute atomic E-state index is 11.0. The summed E-state index contributed by atoms with van der Waals surface area (Å²) in [7, 11) is 1.41. The summed E-state index contributed by atoms with van der Waals surface area (Å²) in [5.41, 5.74) is 0. The summed E-state index contributed by atoms with van der Waals surface area (Å²) in [5, 5.41) is 2.90. The van der Waals surface area contributed by atoms with E-state index in [-0.39, 0.29) is 6.09 Å². The van der Waals surface area contributed by atoms with Crippen LogP contribution in [0.5, 0.6) is 0 Å². The quantitative estimate of drug-likeness (QED) is 0.716. The predicted molar refractivity (Wildman–Crippen MR) is 51.5 cm³/mol. The maximum atomic E-state index is 11.0. The van der Waals surface area contributed by atoms with Crippen LogP contribution < -0.4 is 5.32 Å². The van der Waals surface area contributed by atoms with Crippen LogP contribution in [-0.2, 0) is 4.74 Å². The van der Waals surface area contributed by atoms with Crippen LogP contribution in [0, 0.1) is 11.8 Å². The van der Waals surface area contributed by atoms with E-state index in [0.29, 0.717) is 17.9 Å². The Labute approximate surface area is 79.8 Å². The molecule has 1 amide bonds. The zero-order chi connectivity index (χ0) is 9.84. The molecule has 2 atom stereocenters. The fourth-order valence-corrected chi connectivity index (χ4v) is 2.18. The molecule has 0 radical (unpaired) electrons. The Bertz CT molecular complexity index is 180. The van der Waals surface area contributed by atoms with Crippen LogP contribution in [0.25, 0.3) is 0 Å². The lowest BCUT2D eigenvalue weighted by atomic mass is 9.91. The van der Waals surface area contributed by atoms with Crippen LogP contribution in [0.1, 0.15) is 33.1 Å². The van der Waals surface area contributed by atoms with Crippen LogP contribution in [0.2, 0.25) is 0 Å². The summed E-state index contributed by atoms with van der Waals surface area (Å²) in [6.07, 6.45) is 3.25. The van der Waals surface area contributed by atoms with Gasteiger partial charge in [-0.3, -0.25) is 0 Å². The van der Waals surface area contributed by atoms with Gasteiger partial charge in [0.15, 0.2) is 0 Å². The minimum atomic E-state index is -0.294. The minimum absolute atomic E-state index is 0.294. The molecule has 0 aromatic heterocycles. The van der Waals surface area contributed by atoms with Gasteiger partial charge >= 0.3 is 6.09 Å². The molecule has 1 N–H and O–H groups in total. The molecule has 0 heterocycles. The molecule has 0 spiro atoms.